The van der Waals surface area contributed by atoms with Crippen LogP contribution in [0, 0.1) is 5.41 Å². The number of benzene rings is 2. The van der Waals surface area contributed by atoms with Gasteiger partial charge in [-0.3, -0.25) is 4.79 Å². The zero-order valence-electron chi connectivity index (χ0n) is 17.7. The maximum absolute atomic E-state index is 13.4. The van der Waals surface area contributed by atoms with Crippen LogP contribution < -0.4 is 4.90 Å². The minimum atomic E-state index is -4.75. The van der Waals surface area contributed by atoms with Gasteiger partial charge in [0, 0.05) is 25.3 Å². The minimum absolute atomic E-state index is 0.0837. The van der Waals surface area contributed by atoms with Gasteiger partial charge in [0.1, 0.15) is 0 Å². The number of nitrogens with zero attached hydrogens (tertiary/aromatic N) is 2. The highest BCUT2D eigenvalue weighted by atomic mass is 35.5. The van der Waals surface area contributed by atoms with Crippen LogP contribution in [0.3, 0.4) is 0 Å². The topological polar surface area (TPSA) is 60.9 Å². The summed E-state index contributed by atoms with van der Waals surface area (Å²) in [6, 6.07) is 12.1. The molecule has 2 unspecified atom stereocenters. The molecule has 10 heteroatoms. The minimum Gasteiger partial charge on any atom is -0.379 e. The number of hydrogen-bond acceptors (Lipinski definition) is 3. The molecule has 0 bridgehead atoms. The van der Waals surface area contributed by atoms with E-state index in [1.165, 1.54) is 24.3 Å². The SMILES string of the molecule is C=S(=O)(c1ccccc1Cl)N1CCC2(CCN(c3ccc(C(O)C(F)(F)F)cc3)C2=O)CC1. The Morgan fingerprint density at radius 3 is 2.18 bits per heavy atom. The van der Waals surface area contributed by atoms with Gasteiger partial charge in [-0.1, -0.05) is 35.9 Å². The normalized spacial score (nSPS) is 21.8. The molecule has 33 heavy (non-hydrogen) atoms. The van der Waals surface area contributed by atoms with Crippen molar-refractivity contribution in [2.45, 2.75) is 36.4 Å². The Balaban J connectivity index is 1.46. The average molecular weight is 501 g/mol. The number of aliphatic hydroxyl groups excluding tert-OH is 1. The summed E-state index contributed by atoms with van der Waals surface area (Å²) in [4.78, 5) is 15.4. The van der Waals surface area contributed by atoms with Crippen LogP contribution in [0.5, 0.6) is 0 Å². The Hall–Kier alpha value is -2.07. The molecule has 0 saturated carbocycles. The summed E-state index contributed by atoms with van der Waals surface area (Å²) in [5.41, 5.74) is -0.378. The molecule has 178 valence electrons. The van der Waals surface area contributed by atoms with Crippen LogP contribution in [-0.4, -0.2) is 51.2 Å². The predicted molar refractivity (Wildman–Crippen MR) is 123 cm³/mol. The predicted octanol–water partition coefficient (Wildman–Crippen LogP) is 4.45. The van der Waals surface area contributed by atoms with Gasteiger partial charge >= 0.3 is 6.18 Å². The molecule has 2 fully saturated rings. The number of rotatable bonds is 4. The molecule has 0 radical (unpaired) electrons. The van der Waals surface area contributed by atoms with Gasteiger partial charge in [0.2, 0.25) is 5.91 Å². The van der Waals surface area contributed by atoms with Crippen LogP contribution in [0.25, 0.3) is 0 Å². The fourth-order valence-electron chi connectivity index (χ4n) is 4.61. The van der Waals surface area contributed by atoms with E-state index in [9.17, 15) is 27.3 Å². The second kappa shape index (κ2) is 8.61. The lowest BCUT2D eigenvalue weighted by Crippen LogP contribution is -2.46. The lowest BCUT2D eigenvalue weighted by atomic mass is 9.77. The van der Waals surface area contributed by atoms with Crippen molar-refractivity contribution in [1.82, 2.24) is 4.31 Å². The van der Waals surface area contributed by atoms with Gasteiger partial charge in [-0.15, -0.1) is 0 Å². The van der Waals surface area contributed by atoms with Gasteiger partial charge in [0.15, 0.2) is 6.10 Å². The summed E-state index contributed by atoms with van der Waals surface area (Å²) in [6.07, 6.45) is -5.70. The van der Waals surface area contributed by atoms with E-state index in [1.54, 1.807) is 33.5 Å². The fourth-order valence-corrected chi connectivity index (χ4v) is 6.82. The van der Waals surface area contributed by atoms with E-state index in [1.807, 2.05) is 0 Å². The van der Waals surface area contributed by atoms with Crippen molar-refractivity contribution in [2.24, 2.45) is 5.41 Å². The maximum Gasteiger partial charge on any atom is 0.418 e. The van der Waals surface area contributed by atoms with Crippen LogP contribution in [0.2, 0.25) is 5.02 Å². The summed E-state index contributed by atoms with van der Waals surface area (Å²) in [7, 11) is -2.79. The number of carbonyl (C=O) groups is 1. The van der Waals surface area contributed by atoms with E-state index >= 15 is 0 Å². The van der Waals surface area contributed by atoms with Gasteiger partial charge in [-0.25, -0.2) is 8.51 Å². The number of anilines is 1. The van der Waals surface area contributed by atoms with E-state index < -0.39 is 27.4 Å². The van der Waals surface area contributed by atoms with Gasteiger partial charge in [0.25, 0.3) is 0 Å². The molecule has 5 nitrogen and oxygen atoms in total. The molecular formula is C23H24ClF3N2O3S. The Morgan fingerprint density at radius 2 is 1.61 bits per heavy atom. The first-order chi connectivity index (χ1) is 15.5. The number of hydrogen-bond donors (Lipinski definition) is 1. The van der Waals surface area contributed by atoms with Crippen molar-refractivity contribution in [3.05, 3.63) is 59.1 Å². The van der Waals surface area contributed by atoms with E-state index in [0.717, 1.165) is 0 Å². The van der Waals surface area contributed by atoms with Gasteiger partial charge in [-0.2, -0.15) is 13.2 Å². The third-order valence-corrected chi connectivity index (χ3v) is 9.30. The zero-order valence-corrected chi connectivity index (χ0v) is 19.3. The van der Waals surface area contributed by atoms with Crippen molar-refractivity contribution < 1.29 is 27.3 Å². The second-order valence-corrected chi connectivity index (χ2v) is 11.2. The largest absolute Gasteiger partial charge is 0.418 e. The van der Waals surface area contributed by atoms with Crippen molar-refractivity contribution in [3.8, 4) is 0 Å². The van der Waals surface area contributed by atoms with Crippen LogP contribution >= 0.6 is 11.6 Å². The molecule has 0 aliphatic carbocycles. The molecule has 0 aromatic heterocycles. The molecule has 2 aliphatic rings. The molecule has 2 saturated heterocycles. The monoisotopic (exact) mass is 500 g/mol. The smallest absolute Gasteiger partial charge is 0.379 e. The molecule has 2 aromatic carbocycles. The van der Waals surface area contributed by atoms with Gasteiger partial charge in [-0.05, 0) is 55.0 Å². The number of halogens is 4. The third-order valence-electron chi connectivity index (χ3n) is 6.62. The Labute approximate surface area is 195 Å². The summed E-state index contributed by atoms with van der Waals surface area (Å²) >= 11 is 6.23. The summed E-state index contributed by atoms with van der Waals surface area (Å²) in [5, 5.41) is 9.80. The molecule has 2 heterocycles. The van der Waals surface area contributed by atoms with Crippen molar-refractivity contribution in [2.75, 3.05) is 24.5 Å². The molecular weight excluding hydrogens is 477 g/mol. The van der Waals surface area contributed by atoms with Gasteiger partial charge in [0.05, 0.1) is 25.0 Å². The molecule has 4 rings (SSSR count). The zero-order chi connectivity index (χ0) is 24.0. The van der Waals surface area contributed by atoms with Gasteiger partial charge < -0.3 is 10.0 Å². The van der Waals surface area contributed by atoms with E-state index in [-0.39, 0.29) is 11.5 Å². The molecule has 2 aromatic rings. The number of aliphatic hydroxyl groups is 1. The molecule has 1 spiro atoms. The summed E-state index contributed by atoms with van der Waals surface area (Å²) in [6.45, 7) is 1.29. The number of amides is 1. The summed E-state index contributed by atoms with van der Waals surface area (Å²) in [5.74, 6) is 3.85. The van der Waals surface area contributed by atoms with E-state index in [2.05, 4.69) is 5.87 Å². The molecule has 2 atom stereocenters. The first kappa shape index (κ1) is 24.1. The highest BCUT2D eigenvalue weighted by molar-refractivity contribution is 7.98. The highest BCUT2D eigenvalue weighted by Crippen LogP contribution is 2.44. The number of piperidine rings is 1. The van der Waals surface area contributed by atoms with Crippen LogP contribution in [0.4, 0.5) is 18.9 Å². The van der Waals surface area contributed by atoms with Crippen LogP contribution in [0.1, 0.15) is 30.9 Å². The molecule has 2 aliphatic heterocycles. The number of carbonyl (C=O) groups excluding carboxylic acids is 1. The van der Waals surface area contributed by atoms with E-state index in [0.29, 0.717) is 54.5 Å². The standard InChI is InChI=1S/C23H24ClF3N2O3S/c1-33(32,19-5-3-2-4-18(19)24)28-13-10-22(11-14-28)12-15-29(21(22)31)17-8-6-16(7-9-17)20(30)23(25,26)27/h2-9,20,30H,1,10-15H2. The van der Waals surface area contributed by atoms with Crippen LogP contribution in [0.15, 0.2) is 53.4 Å². The molecule has 1 amide bonds. The quantitative estimate of drug-likeness (QED) is 0.631. The fraction of sp³-hybridized carbons (Fsp3) is 0.391. The lowest BCUT2D eigenvalue weighted by molar-refractivity contribution is -0.206. The Bertz CT molecular complexity index is 1140. The third kappa shape index (κ3) is 4.39. The lowest BCUT2D eigenvalue weighted by Gasteiger charge is -2.39. The van der Waals surface area contributed by atoms with Crippen molar-refractivity contribution in [1.29, 1.82) is 0 Å². The van der Waals surface area contributed by atoms with Crippen molar-refractivity contribution in [3.63, 3.8) is 0 Å². The first-order valence-electron chi connectivity index (χ1n) is 10.5. The Kier molecular flexibility index (Phi) is 6.28. The summed E-state index contributed by atoms with van der Waals surface area (Å²) < 4.78 is 53.4. The van der Waals surface area contributed by atoms with E-state index in [4.69, 9.17) is 11.6 Å². The van der Waals surface area contributed by atoms with Crippen molar-refractivity contribution >= 4 is 38.8 Å². The average Bonchev–Trinajstić information content (AvgIpc) is 3.09. The Morgan fingerprint density at radius 1 is 1.03 bits per heavy atom. The molecule has 1 N–H and O–H groups in total. The number of alkyl halides is 3. The highest BCUT2D eigenvalue weighted by Gasteiger charge is 2.49. The first-order valence-corrected chi connectivity index (χ1v) is 12.6. The second-order valence-electron chi connectivity index (χ2n) is 8.52. The maximum atomic E-state index is 13.4. The van der Waals surface area contributed by atoms with Crippen LogP contribution in [-0.2, 0) is 14.5 Å².